The topological polar surface area (TPSA) is 32.6 Å². The van der Waals surface area contributed by atoms with Crippen LogP contribution < -0.4 is 10.2 Å². The monoisotopic (exact) mass is 300 g/mol. The molecule has 0 saturated carbocycles. The first-order chi connectivity index (χ1) is 9.92. The Labute approximate surface area is 121 Å². The summed E-state index contributed by atoms with van der Waals surface area (Å²) in [5.41, 5.74) is 1.61. The molecule has 2 heterocycles. The molecule has 2 aromatic rings. The van der Waals surface area contributed by atoms with Crippen LogP contribution in [0.15, 0.2) is 24.4 Å². The number of nitrogens with zero attached hydrogens (tertiary/aromatic N) is 3. The van der Waals surface area contributed by atoms with Crippen molar-refractivity contribution in [2.45, 2.75) is 26.1 Å². The third-order valence-corrected chi connectivity index (χ3v) is 3.24. The zero-order valence-electron chi connectivity index (χ0n) is 12.1. The highest BCUT2D eigenvalue weighted by Crippen LogP contribution is 2.24. The molecule has 0 radical (unpaired) electrons. The number of aromatic nitrogens is 2. The Morgan fingerprint density at radius 1 is 1.33 bits per heavy atom. The number of hydrogen-bond donors (Lipinski definition) is 1. The Morgan fingerprint density at radius 2 is 2.10 bits per heavy atom. The third-order valence-electron chi connectivity index (χ3n) is 3.24. The molecular formula is C14H19F3N4. The number of hydrogen-bond acceptors (Lipinski definition) is 3. The predicted molar refractivity (Wildman–Crippen MR) is 76.5 cm³/mol. The quantitative estimate of drug-likeness (QED) is 0.890. The molecule has 1 N–H and O–H groups in total. The van der Waals surface area contributed by atoms with Crippen LogP contribution in [0.2, 0.25) is 0 Å². The minimum atomic E-state index is -4.16. The van der Waals surface area contributed by atoms with Crippen molar-refractivity contribution in [1.82, 2.24) is 14.7 Å². The summed E-state index contributed by atoms with van der Waals surface area (Å²) in [7, 11) is 1.64. The van der Waals surface area contributed by atoms with E-state index in [0.717, 1.165) is 17.9 Å². The van der Waals surface area contributed by atoms with Gasteiger partial charge in [-0.15, -0.1) is 0 Å². The first-order valence-electron chi connectivity index (χ1n) is 6.87. The van der Waals surface area contributed by atoms with E-state index in [1.54, 1.807) is 11.9 Å². The zero-order valence-corrected chi connectivity index (χ0v) is 12.1. The summed E-state index contributed by atoms with van der Waals surface area (Å²) in [6.07, 6.45) is -3.14. The molecule has 0 atom stereocenters. The van der Waals surface area contributed by atoms with Gasteiger partial charge in [-0.1, -0.05) is 13.0 Å². The van der Waals surface area contributed by atoms with E-state index >= 15 is 0 Å². The number of rotatable bonds is 6. The maximum atomic E-state index is 12.4. The SMILES string of the molecule is CCNCc1c(N(C)CCC(F)(F)F)nc2ccccn12. The van der Waals surface area contributed by atoms with Crippen molar-refractivity contribution in [2.75, 3.05) is 25.0 Å². The minimum absolute atomic E-state index is 0.105. The van der Waals surface area contributed by atoms with Gasteiger partial charge in [0.15, 0.2) is 5.82 Å². The van der Waals surface area contributed by atoms with Gasteiger partial charge >= 0.3 is 6.18 Å². The van der Waals surface area contributed by atoms with Crippen molar-refractivity contribution in [3.63, 3.8) is 0 Å². The number of nitrogens with one attached hydrogen (secondary N) is 1. The lowest BCUT2D eigenvalue weighted by molar-refractivity contribution is -0.132. The Kier molecular flexibility index (Phi) is 4.72. The van der Waals surface area contributed by atoms with Gasteiger partial charge in [0.25, 0.3) is 0 Å². The molecule has 116 valence electrons. The number of pyridine rings is 1. The normalized spacial score (nSPS) is 12.0. The molecule has 0 aromatic carbocycles. The van der Waals surface area contributed by atoms with Crippen molar-refractivity contribution in [1.29, 1.82) is 0 Å². The van der Waals surface area contributed by atoms with E-state index in [9.17, 15) is 13.2 Å². The minimum Gasteiger partial charge on any atom is -0.358 e. The van der Waals surface area contributed by atoms with Crippen LogP contribution in [0.5, 0.6) is 0 Å². The average molecular weight is 300 g/mol. The molecule has 0 unspecified atom stereocenters. The molecule has 2 rings (SSSR count). The van der Waals surface area contributed by atoms with Gasteiger partial charge < -0.3 is 14.6 Å². The third kappa shape index (κ3) is 3.87. The Bertz CT molecular complexity index is 591. The first-order valence-corrected chi connectivity index (χ1v) is 6.87. The van der Waals surface area contributed by atoms with E-state index in [-0.39, 0.29) is 6.54 Å². The second kappa shape index (κ2) is 6.34. The number of anilines is 1. The molecule has 0 aliphatic carbocycles. The van der Waals surface area contributed by atoms with Crippen LogP contribution in [-0.4, -0.2) is 35.7 Å². The fourth-order valence-electron chi connectivity index (χ4n) is 2.15. The van der Waals surface area contributed by atoms with Crippen LogP contribution in [0.3, 0.4) is 0 Å². The Hall–Kier alpha value is -1.76. The molecule has 7 heteroatoms. The molecule has 4 nitrogen and oxygen atoms in total. The van der Waals surface area contributed by atoms with Gasteiger partial charge in [-0.3, -0.25) is 0 Å². The van der Waals surface area contributed by atoms with E-state index < -0.39 is 12.6 Å². The summed E-state index contributed by atoms with van der Waals surface area (Å²) in [5, 5.41) is 3.20. The van der Waals surface area contributed by atoms with Crippen molar-refractivity contribution in [2.24, 2.45) is 0 Å². The van der Waals surface area contributed by atoms with Crippen molar-refractivity contribution < 1.29 is 13.2 Å². The van der Waals surface area contributed by atoms with Crippen LogP contribution in [0, 0.1) is 0 Å². The van der Waals surface area contributed by atoms with Crippen LogP contribution in [0.25, 0.3) is 5.65 Å². The van der Waals surface area contributed by atoms with Crippen molar-refractivity contribution in [3.8, 4) is 0 Å². The van der Waals surface area contributed by atoms with E-state index in [2.05, 4.69) is 10.3 Å². The summed E-state index contributed by atoms with van der Waals surface area (Å²) in [6, 6.07) is 5.58. The summed E-state index contributed by atoms with van der Waals surface area (Å²) in [6.45, 7) is 3.22. The van der Waals surface area contributed by atoms with Gasteiger partial charge in [0.05, 0.1) is 12.1 Å². The fourth-order valence-corrected chi connectivity index (χ4v) is 2.15. The lowest BCUT2D eigenvalue weighted by atomic mass is 10.3. The van der Waals surface area contributed by atoms with Crippen LogP contribution in [-0.2, 0) is 6.54 Å². The second-order valence-electron chi connectivity index (χ2n) is 4.88. The zero-order chi connectivity index (χ0) is 15.5. The number of alkyl halides is 3. The molecule has 0 bridgehead atoms. The standard InChI is InChI=1S/C14H19F3N4/c1-3-18-10-11-13(20(2)9-7-14(15,16)17)19-12-6-4-5-8-21(11)12/h4-6,8,18H,3,7,9-10H2,1-2H3. The van der Waals surface area contributed by atoms with Crippen LogP contribution in [0.4, 0.5) is 19.0 Å². The predicted octanol–water partition coefficient (Wildman–Crippen LogP) is 2.83. The average Bonchev–Trinajstić information content (AvgIpc) is 2.80. The van der Waals surface area contributed by atoms with E-state index in [1.165, 1.54) is 0 Å². The number of fused-ring (bicyclic) bond motifs is 1. The maximum absolute atomic E-state index is 12.4. The van der Waals surface area contributed by atoms with E-state index in [1.807, 2.05) is 35.7 Å². The molecule has 0 fully saturated rings. The van der Waals surface area contributed by atoms with Crippen LogP contribution in [0.1, 0.15) is 19.0 Å². The molecule has 21 heavy (non-hydrogen) atoms. The lowest BCUT2D eigenvalue weighted by Crippen LogP contribution is -2.26. The highest BCUT2D eigenvalue weighted by molar-refractivity contribution is 5.55. The highest BCUT2D eigenvalue weighted by atomic mass is 19.4. The van der Waals surface area contributed by atoms with Gasteiger partial charge in [0, 0.05) is 26.3 Å². The Balaban J connectivity index is 2.28. The molecule has 0 amide bonds. The van der Waals surface area contributed by atoms with Crippen molar-refractivity contribution in [3.05, 3.63) is 30.1 Å². The van der Waals surface area contributed by atoms with E-state index in [4.69, 9.17) is 0 Å². The molecule has 2 aromatic heterocycles. The summed E-state index contributed by atoms with van der Waals surface area (Å²) in [4.78, 5) is 6.01. The second-order valence-corrected chi connectivity index (χ2v) is 4.88. The molecule has 0 saturated heterocycles. The van der Waals surface area contributed by atoms with E-state index in [0.29, 0.717) is 12.4 Å². The maximum Gasteiger partial charge on any atom is 0.390 e. The van der Waals surface area contributed by atoms with Gasteiger partial charge in [0.1, 0.15) is 5.65 Å². The first kappa shape index (κ1) is 15.6. The van der Waals surface area contributed by atoms with Gasteiger partial charge in [0.2, 0.25) is 0 Å². The van der Waals surface area contributed by atoms with Gasteiger partial charge in [-0.25, -0.2) is 4.98 Å². The fraction of sp³-hybridized carbons (Fsp3) is 0.500. The summed E-state index contributed by atoms with van der Waals surface area (Å²) < 4.78 is 39.0. The van der Waals surface area contributed by atoms with Crippen molar-refractivity contribution >= 4 is 11.5 Å². The lowest BCUT2D eigenvalue weighted by Gasteiger charge is -2.19. The molecular weight excluding hydrogens is 281 g/mol. The number of halogens is 3. The molecule has 0 aliphatic heterocycles. The van der Waals surface area contributed by atoms with Gasteiger partial charge in [-0.2, -0.15) is 13.2 Å². The number of imidazole rings is 1. The summed E-state index contributed by atoms with van der Waals surface area (Å²) in [5.74, 6) is 0.589. The molecule has 0 spiro atoms. The molecule has 0 aliphatic rings. The smallest absolute Gasteiger partial charge is 0.358 e. The van der Waals surface area contributed by atoms with Crippen LogP contribution >= 0.6 is 0 Å². The highest BCUT2D eigenvalue weighted by Gasteiger charge is 2.28. The van der Waals surface area contributed by atoms with Gasteiger partial charge in [-0.05, 0) is 18.7 Å². The largest absolute Gasteiger partial charge is 0.390 e. The summed E-state index contributed by atoms with van der Waals surface area (Å²) >= 11 is 0. The Morgan fingerprint density at radius 3 is 2.76 bits per heavy atom.